The first-order chi connectivity index (χ1) is 13.7. The molecule has 1 aliphatic rings. The molecular weight excluding hydrogens is 390 g/mol. The average molecular weight is 418 g/mol. The standard InChI is InChI=1S/C22H27NO5S/c1-16(2)13-23(19-10-11-29(26,27)15-19)21(24)14-28-22(25)12-18-8-5-7-17-6-3-4-9-20(17)18/h3-9,16,19H,10-15H2,1-2H3/t19-/m0/s1. The van der Waals surface area contributed by atoms with E-state index in [0.717, 1.165) is 16.3 Å². The number of rotatable bonds is 7. The Bertz CT molecular complexity index is 994. The Morgan fingerprint density at radius 2 is 1.86 bits per heavy atom. The zero-order valence-electron chi connectivity index (χ0n) is 16.8. The van der Waals surface area contributed by atoms with Crippen LogP contribution in [-0.4, -0.2) is 55.9 Å². The number of benzene rings is 2. The van der Waals surface area contributed by atoms with Crippen LogP contribution in [0.15, 0.2) is 42.5 Å². The fourth-order valence-electron chi connectivity index (χ4n) is 3.75. The number of nitrogens with zero attached hydrogens (tertiary/aromatic N) is 1. The first-order valence-electron chi connectivity index (χ1n) is 9.87. The van der Waals surface area contributed by atoms with Gasteiger partial charge in [-0.1, -0.05) is 56.3 Å². The number of carbonyl (C=O) groups is 2. The van der Waals surface area contributed by atoms with E-state index in [1.165, 1.54) is 0 Å². The minimum absolute atomic E-state index is 0.0184. The molecule has 1 fully saturated rings. The Balaban J connectivity index is 1.62. The Morgan fingerprint density at radius 3 is 2.55 bits per heavy atom. The number of hydrogen-bond donors (Lipinski definition) is 0. The third-order valence-corrected chi connectivity index (χ3v) is 6.85. The zero-order chi connectivity index (χ0) is 21.0. The van der Waals surface area contributed by atoms with E-state index in [1.807, 2.05) is 56.3 Å². The summed E-state index contributed by atoms with van der Waals surface area (Å²) in [7, 11) is -3.10. The monoisotopic (exact) mass is 417 g/mol. The van der Waals surface area contributed by atoms with E-state index in [9.17, 15) is 18.0 Å². The molecule has 1 atom stereocenters. The third kappa shape index (κ3) is 5.56. The van der Waals surface area contributed by atoms with Gasteiger partial charge in [-0.2, -0.15) is 0 Å². The van der Waals surface area contributed by atoms with Gasteiger partial charge >= 0.3 is 5.97 Å². The molecule has 156 valence electrons. The lowest BCUT2D eigenvalue weighted by Crippen LogP contribution is -2.45. The molecule has 1 heterocycles. The molecule has 2 aromatic carbocycles. The molecule has 29 heavy (non-hydrogen) atoms. The highest BCUT2D eigenvalue weighted by Gasteiger charge is 2.35. The second-order valence-corrected chi connectivity index (χ2v) is 10.2. The number of fused-ring (bicyclic) bond motifs is 1. The summed E-state index contributed by atoms with van der Waals surface area (Å²) in [4.78, 5) is 26.6. The first kappa shape index (κ1) is 21.3. The minimum atomic E-state index is -3.10. The average Bonchev–Trinajstić information content (AvgIpc) is 3.04. The Kier molecular flexibility index (Phi) is 6.57. The quantitative estimate of drug-likeness (QED) is 0.647. The van der Waals surface area contributed by atoms with Crippen LogP contribution in [0.1, 0.15) is 25.8 Å². The summed E-state index contributed by atoms with van der Waals surface area (Å²) in [6.45, 7) is 4.01. The van der Waals surface area contributed by atoms with E-state index in [1.54, 1.807) is 4.90 Å². The molecular formula is C22H27NO5S. The van der Waals surface area contributed by atoms with Crippen LogP contribution in [0, 0.1) is 5.92 Å². The highest BCUT2D eigenvalue weighted by molar-refractivity contribution is 7.91. The van der Waals surface area contributed by atoms with E-state index in [2.05, 4.69) is 0 Å². The molecule has 1 aliphatic heterocycles. The molecule has 0 saturated carbocycles. The van der Waals surface area contributed by atoms with Crippen LogP contribution in [0.4, 0.5) is 0 Å². The number of carbonyl (C=O) groups excluding carboxylic acids is 2. The fourth-order valence-corrected chi connectivity index (χ4v) is 5.48. The van der Waals surface area contributed by atoms with Gasteiger partial charge in [-0.05, 0) is 28.7 Å². The summed E-state index contributed by atoms with van der Waals surface area (Å²) in [6, 6.07) is 13.2. The molecule has 0 radical (unpaired) electrons. The van der Waals surface area contributed by atoms with Gasteiger partial charge in [0, 0.05) is 12.6 Å². The van der Waals surface area contributed by atoms with Gasteiger partial charge in [0.05, 0.1) is 17.9 Å². The van der Waals surface area contributed by atoms with Gasteiger partial charge in [0.15, 0.2) is 16.4 Å². The maximum absolute atomic E-state index is 12.7. The van der Waals surface area contributed by atoms with Crippen molar-refractivity contribution in [2.45, 2.75) is 32.7 Å². The predicted molar refractivity (Wildman–Crippen MR) is 112 cm³/mol. The summed E-state index contributed by atoms with van der Waals surface area (Å²) < 4.78 is 28.9. The molecule has 3 rings (SSSR count). The van der Waals surface area contributed by atoms with Crippen LogP contribution >= 0.6 is 0 Å². The van der Waals surface area contributed by atoms with Gasteiger partial charge in [-0.25, -0.2) is 8.42 Å². The summed E-state index contributed by atoms with van der Waals surface area (Å²) in [6.07, 6.45) is 0.515. The Morgan fingerprint density at radius 1 is 1.14 bits per heavy atom. The topological polar surface area (TPSA) is 80.8 Å². The number of amides is 1. The van der Waals surface area contributed by atoms with Crippen molar-refractivity contribution in [1.29, 1.82) is 0 Å². The summed E-state index contributed by atoms with van der Waals surface area (Å²) in [5.74, 6) is -0.547. The summed E-state index contributed by atoms with van der Waals surface area (Å²) in [5, 5.41) is 2.02. The van der Waals surface area contributed by atoms with Crippen LogP contribution in [0.5, 0.6) is 0 Å². The SMILES string of the molecule is CC(C)CN(C(=O)COC(=O)Cc1cccc2ccccc12)[C@H]1CCS(=O)(=O)C1. The molecule has 0 aromatic heterocycles. The smallest absolute Gasteiger partial charge is 0.310 e. The van der Waals surface area contributed by atoms with Gasteiger partial charge in [-0.3, -0.25) is 9.59 Å². The first-order valence-corrected chi connectivity index (χ1v) is 11.7. The molecule has 0 aliphatic carbocycles. The highest BCUT2D eigenvalue weighted by Crippen LogP contribution is 2.21. The highest BCUT2D eigenvalue weighted by atomic mass is 32.2. The number of ether oxygens (including phenoxy) is 1. The molecule has 0 bridgehead atoms. The zero-order valence-corrected chi connectivity index (χ0v) is 17.7. The molecule has 0 spiro atoms. The second kappa shape index (κ2) is 8.95. The molecule has 7 heteroatoms. The fraction of sp³-hybridized carbons (Fsp3) is 0.455. The normalized spacial score (nSPS) is 18.1. The number of esters is 1. The van der Waals surface area contributed by atoms with Crippen LogP contribution < -0.4 is 0 Å². The van der Waals surface area contributed by atoms with Gasteiger partial charge in [0.1, 0.15) is 0 Å². The van der Waals surface area contributed by atoms with Gasteiger partial charge in [0.25, 0.3) is 5.91 Å². The molecule has 0 N–H and O–H groups in total. The maximum Gasteiger partial charge on any atom is 0.310 e. The van der Waals surface area contributed by atoms with Crippen LogP contribution in [-0.2, 0) is 30.6 Å². The summed E-state index contributed by atoms with van der Waals surface area (Å²) >= 11 is 0. The lowest BCUT2D eigenvalue weighted by atomic mass is 10.0. The van der Waals surface area contributed by atoms with Crippen molar-refractivity contribution < 1.29 is 22.7 Å². The van der Waals surface area contributed by atoms with E-state index in [4.69, 9.17) is 4.74 Å². The van der Waals surface area contributed by atoms with Crippen molar-refractivity contribution in [3.63, 3.8) is 0 Å². The number of sulfone groups is 1. The van der Waals surface area contributed by atoms with Gasteiger partial charge in [0.2, 0.25) is 0 Å². The molecule has 1 amide bonds. The largest absolute Gasteiger partial charge is 0.455 e. The molecule has 2 aromatic rings. The summed E-state index contributed by atoms with van der Waals surface area (Å²) in [5.41, 5.74) is 0.849. The third-order valence-electron chi connectivity index (χ3n) is 5.10. The van der Waals surface area contributed by atoms with Crippen molar-refractivity contribution in [3.05, 3.63) is 48.0 Å². The van der Waals surface area contributed by atoms with Crippen molar-refractivity contribution in [3.8, 4) is 0 Å². The molecule has 6 nitrogen and oxygen atoms in total. The van der Waals surface area contributed by atoms with Crippen molar-refractivity contribution >= 4 is 32.5 Å². The Hall–Kier alpha value is -2.41. The van der Waals surface area contributed by atoms with Crippen LogP contribution in [0.3, 0.4) is 0 Å². The predicted octanol–water partition coefficient (Wildman–Crippen LogP) is 2.60. The van der Waals surface area contributed by atoms with Crippen molar-refractivity contribution in [2.24, 2.45) is 5.92 Å². The second-order valence-electron chi connectivity index (χ2n) is 7.97. The van der Waals surface area contributed by atoms with Crippen LogP contribution in [0.2, 0.25) is 0 Å². The molecule has 1 saturated heterocycles. The Labute approximate surface area is 171 Å². The van der Waals surface area contributed by atoms with E-state index >= 15 is 0 Å². The van der Waals surface area contributed by atoms with Crippen molar-refractivity contribution in [1.82, 2.24) is 4.90 Å². The van der Waals surface area contributed by atoms with Gasteiger partial charge < -0.3 is 9.64 Å². The van der Waals surface area contributed by atoms with Gasteiger partial charge in [-0.15, -0.1) is 0 Å². The van der Waals surface area contributed by atoms with Crippen LogP contribution in [0.25, 0.3) is 10.8 Å². The van der Waals surface area contributed by atoms with E-state index < -0.39 is 15.8 Å². The molecule has 0 unspecified atom stereocenters. The van der Waals surface area contributed by atoms with E-state index in [0.29, 0.717) is 13.0 Å². The number of hydrogen-bond acceptors (Lipinski definition) is 5. The minimum Gasteiger partial charge on any atom is -0.455 e. The maximum atomic E-state index is 12.7. The lowest BCUT2D eigenvalue weighted by Gasteiger charge is -2.29. The van der Waals surface area contributed by atoms with Crippen molar-refractivity contribution in [2.75, 3.05) is 24.7 Å². The van der Waals surface area contributed by atoms with E-state index in [-0.39, 0.29) is 42.4 Å². The lowest BCUT2D eigenvalue weighted by molar-refractivity contribution is -0.152.